The molecule has 0 bridgehead atoms. The molecule has 1 saturated heterocycles. The Morgan fingerprint density at radius 2 is 1.62 bits per heavy atom. The minimum atomic E-state index is -6.17. The lowest BCUT2D eigenvalue weighted by atomic mass is 9.91. The van der Waals surface area contributed by atoms with E-state index in [-0.39, 0.29) is 19.6 Å². The molecule has 2 aliphatic rings. The second kappa shape index (κ2) is 10.1. The molecule has 196 valence electrons. The maximum Gasteiger partial charge on any atom is 0.534 e. The number of β-lactam (4-membered cyclic amide) rings is 1. The molecular weight excluding hydrogens is 519 g/mol. The first kappa shape index (κ1) is 26.0. The molecule has 0 aliphatic carbocycles. The highest BCUT2D eigenvalue weighted by atomic mass is 32.2. The SMILES string of the molecule is O=C(Cc1ccccc1)N[C@@H]1C(=O)N2C(C(=O)OCc3ccccc3)=C(OS(=O)(=O)C(F)(F)F)NC[C@H]12. The van der Waals surface area contributed by atoms with Crippen molar-refractivity contribution in [3.63, 3.8) is 0 Å². The van der Waals surface area contributed by atoms with Crippen LogP contribution < -0.4 is 10.6 Å². The van der Waals surface area contributed by atoms with Crippen LogP contribution in [0.15, 0.2) is 72.2 Å². The van der Waals surface area contributed by atoms with Crippen LogP contribution in [-0.4, -0.2) is 55.2 Å². The molecule has 2 atom stereocenters. The fourth-order valence-corrected chi connectivity index (χ4v) is 4.24. The van der Waals surface area contributed by atoms with Gasteiger partial charge >= 0.3 is 21.6 Å². The third kappa shape index (κ3) is 5.53. The van der Waals surface area contributed by atoms with Crippen LogP contribution in [0.25, 0.3) is 0 Å². The van der Waals surface area contributed by atoms with Crippen LogP contribution >= 0.6 is 0 Å². The summed E-state index contributed by atoms with van der Waals surface area (Å²) in [5, 5.41) is 4.85. The second-order valence-corrected chi connectivity index (χ2v) is 9.62. The summed E-state index contributed by atoms with van der Waals surface area (Å²) in [5.41, 5.74) is -5.42. The zero-order chi connectivity index (χ0) is 26.8. The molecule has 0 saturated carbocycles. The zero-order valence-electron chi connectivity index (χ0n) is 18.9. The lowest BCUT2D eigenvalue weighted by Gasteiger charge is -2.49. The number of rotatable bonds is 8. The molecule has 0 aromatic heterocycles. The van der Waals surface area contributed by atoms with Crippen molar-refractivity contribution in [2.75, 3.05) is 6.54 Å². The molecule has 2 aliphatic heterocycles. The minimum Gasteiger partial charge on any atom is -0.456 e. The molecular formula is C23H20F3N3O7S. The van der Waals surface area contributed by atoms with Crippen molar-refractivity contribution in [2.24, 2.45) is 0 Å². The highest BCUT2D eigenvalue weighted by Gasteiger charge is 2.56. The van der Waals surface area contributed by atoms with Gasteiger partial charge in [0, 0.05) is 6.54 Å². The molecule has 2 amide bonds. The van der Waals surface area contributed by atoms with E-state index in [0.717, 1.165) is 4.90 Å². The summed E-state index contributed by atoms with van der Waals surface area (Å²) in [6.45, 7) is -0.618. The van der Waals surface area contributed by atoms with Gasteiger partial charge in [-0.2, -0.15) is 21.6 Å². The van der Waals surface area contributed by atoms with Gasteiger partial charge in [-0.05, 0) is 11.1 Å². The predicted octanol–water partition coefficient (Wildman–Crippen LogP) is 1.31. The normalized spacial score (nSPS) is 19.3. The highest BCUT2D eigenvalue weighted by Crippen LogP contribution is 2.34. The summed E-state index contributed by atoms with van der Waals surface area (Å²) in [4.78, 5) is 39.0. The van der Waals surface area contributed by atoms with E-state index in [1.807, 2.05) is 0 Å². The van der Waals surface area contributed by atoms with Crippen molar-refractivity contribution in [1.82, 2.24) is 15.5 Å². The number of hydrogen-bond acceptors (Lipinski definition) is 8. The molecule has 0 radical (unpaired) electrons. The van der Waals surface area contributed by atoms with Gasteiger partial charge in [-0.15, -0.1) is 0 Å². The predicted molar refractivity (Wildman–Crippen MR) is 120 cm³/mol. The summed E-state index contributed by atoms with van der Waals surface area (Å²) < 4.78 is 71.3. The van der Waals surface area contributed by atoms with Crippen molar-refractivity contribution in [3.05, 3.63) is 83.4 Å². The van der Waals surface area contributed by atoms with Crippen LogP contribution in [0.2, 0.25) is 0 Å². The first-order valence-electron chi connectivity index (χ1n) is 10.8. The second-order valence-electron chi connectivity index (χ2n) is 8.09. The number of fused-ring (bicyclic) bond motifs is 1. The number of esters is 1. The first-order chi connectivity index (χ1) is 17.5. The lowest BCUT2D eigenvalue weighted by Crippen LogP contribution is -2.75. The number of alkyl halides is 3. The fraction of sp³-hybridized carbons (Fsp3) is 0.261. The quantitative estimate of drug-likeness (QED) is 0.222. The zero-order valence-corrected chi connectivity index (χ0v) is 19.7. The van der Waals surface area contributed by atoms with E-state index in [1.54, 1.807) is 60.7 Å². The first-order valence-corrected chi connectivity index (χ1v) is 12.2. The van der Waals surface area contributed by atoms with Gasteiger partial charge in [-0.25, -0.2) is 4.79 Å². The fourth-order valence-electron chi connectivity index (χ4n) is 3.79. The number of ether oxygens (including phenoxy) is 1. The van der Waals surface area contributed by atoms with Gasteiger partial charge in [-0.1, -0.05) is 60.7 Å². The lowest BCUT2D eigenvalue weighted by molar-refractivity contribution is -0.158. The topological polar surface area (TPSA) is 131 Å². The van der Waals surface area contributed by atoms with Gasteiger partial charge in [0.1, 0.15) is 12.6 Å². The highest BCUT2D eigenvalue weighted by molar-refractivity contribution is 7.87. The van der Waals surface area contributed by atoms with E-state index in [4.69, 9.17) is 4.74 Å². The molecule has 2 aromatic carbocycles. The molecule has 1 fully saturated rings. The average molecular weight is 539 g/mol. The van der Waals surface area contributed by atoms with Gasteiger partial charge in [0.15, 0.2) is 5.70 Å². The van der Waals surface area contributed by atoms with Gasteiger partial charge in [-0.3, -0.25) is 14.5 Å². The number of amides is 2. The standard InChI is InChI=1S/C23H20F3N3O7S/c24-23(25,26)37(33,34)36-20-19(22(32)35-13-15-9-5-2-6-10-15)29-16(12-27-20)18(21(29)31)28-17(30)11-14-7-3-1-4-8-14/h1-10,16,18,27H,11-13H2,(H,28,30)/t16-,18+/m1/s1. The van der Waals surface area contributed by atoms with Crippen LogP contribution in [0.1, 0.15) is 11.1 Å². The smallest absolute Gasteiger partial charge is 0.456 e. The summed E-state index contributed by atoms with van der Waals surface area (Å²) in [5.74, 6) is -3.74. The van der Waals surface area contributed by atoms with E-state index < -0.39 is 57.1 Å². The molecule has 2 aromatic rings. The number of halogens is 3. The Morgan fingerprint density at radius 3 is 2.22 bits per heavy atom. The van der Waals surface area contributed by atoms with Crippen molar-refractivity contribution in [1.29, 1.82) is 0 Å². The molecule has 14 heteroatoms. The van der Waals surface area contributed by atoms with Gasteiger partial charge in [0.05, 0.1) is 12.5 Å². The number of carbonyl (C=O) groups is 3. The van der Waals surface area contributed by atoms with Crippen LogP contribution in [0.3, 0.4) is 0 Å². The number of carbonyl (C=O) groups excluding carboxylic acids is 3. The van der Waals surface area contributed by atoms with Gasteiger partial charge < -0.3 is 19.6 Å². The summed E-state index contributed by atoms with van der Waals surface area (Å²) >= 11 is 0. The minimum absolute atomic E-state index is 0.0369. The maximum atomic E-state index is 12.9. The van der Waals surface area contributed by atoms with E-state index in [0.29, 0.717) is 11.1 Å². The third-order valence-corrected chi connectivity index (χ3v) is 6.51. The van der Waals surface area contributed by atoms with E-state index in [1.165, 1.54) is 0 Å². The molecule has 37 heavy (non-hydrogen) atoms. The Balaban J connectivity index is 1.55. The molecule has 4 rings (SSSR count). The van der Waals surface area contributed by atoms with Crippen molar-refractivity contribution < 1.29 is 44.9 Å². The molecule has 2 heterocycles. The van der Waals surface area contributed by atoms with Crippen LogP contribution in [0.4, 0.5) is 13.2 Å². The Hall–Kier alpha value is -4.07. The Morgan fingerprint density at radius 1 is 1.03 bits per heavy atom. The van der Waals surface area contributed by atoms with Crippen molar-refractivity contribution in [3.8, 4) is 0 Å². The van der Waals surface area contributed by atoms with Crippen LogP contribution in [-0.2, 0) is 46.4 Å². The van der Waals surface area contributed by atoms with E-state index in [2.05, 4.69) is 14.8 Å². The van der Waals surface area contributed by atoms with Gasteiger partial charge in [0.25, 0.3) is 5.91 Å². The largest absolute Gasteiger partial charge is 0.534 e. The Labute approximate surface area is 209 Å². The molecule has 0 unspecified atom stereocenters. The molecule has 0 spiro atoms. The Kier molecular flexibility index (Phi) is 7.12. The van der Waals surface area contributed by atoms with E-state index >= 15 is 0 Å². The van der Waals surface area contributed by atoms with Gasteiger partial charge in [0.2, 0.25) is 11.8 Å². The summed E-state index contributed by atoms with van der Waals surface area (Å²) in [7, 11) is -6.17. The van der Waals surface area contributed by atoms with E-state index in [9.17, 15) is 36.0 Å². The number of nitrogens with one attached hydrogen (secondary N) is 2. The summed E-state index contributed by atoms with van der Waals surface area (Å²) in [6, 6.07) is 14.9. The van der Waals surface area contributed by atoms with Crippen molar-refractivity contribution >= 4 is 27.9 Å². The number of benzene rings is 2. The average Bonchev–Trinajstić information content (AvgIpc) is 2.86. The molecule has 2 N–H and O–H groups in total. The monoisotopic (exact) mass is 539 g/mol. The Bertz CT molecular complexity index is 1330. The number of hydrogen-bond donors (Lipinski definition) is 2. The van der Waals surface area contributed by atoms with Crippen molar-refractivity contribution in [2.45, 2.75) is 30.6 Å². The number of nitrogens with zero attached hydrogens (tertiary/aromatic N) is 1. The van der Waals surface area contributed by atoms with Crippen LogP contribution in [0, 0.1) is 0 Å². The maximum absolute atomic E-state index is 12.9. The van der Waals surface area contributed by atoms with Crippen LogP contribution in [0.5, 0.6) is 0 Å². The third-order valence-electron chi connectivity index (χ3n) is 5.55. The summed E-state index contributed by atoms with van der Waals surface area (Å²) in [6.07, 6.45) is -0.0369. The molecule has 10 nitrogen and oxygen atoms in total.